The summed E-state index contributed by atoms with van der Waals surface area (Å²) in [6.07, 6.45) is 4.95. The van der Waals surface area contributed by atoms with Crippen LogP contribution in [0.5, 0.6) is 0 Å². The number of rotatable bonds is 5. The fraction of sp³-hybridized carbons (Fsp3) is 0.600. The largest absolute Gasteiger partial charge is 0.481 e. The molecule has 21 heavy (non-hydrogen) atoms. The Kier molecular flexibility index (Phi) is 5.25. The number of nitrogens with one attached hydrogen (secondary N) is 2. The maximum absolute atomic E-state index is 11.9. The molecule has 6 heteroatoms. The van der Waals surface area contributed by atoms with Gasteiger partial charge in [0.2, 0.25) is 0 Å². The summed E-state index contributed by atoms with van der Waals surface area (Å²) < 4.78 is 5.24. The lowest BCUT2D eigenvalue weighted by Gasteiger charge is -2.27. The highest BCUT2D eigenvalue weighted by atomic mass is 16.4. The molecule has 0 aromatic carbocycles. The van der Waals surface area contributed by atoms with E-state index in [9.17, 15) is 9.59 Å². The van der Waals surface area contributed by atoms with E-state index in [4.69, 9.17) is 9.52 Å². The molecule has 0 bridgehead atoms. The van der Waals surface area contributed by atoms with E-state index in [1.54, 1.807) is 6.26 Å². The number of carboxylic acid groups (broad SMARTS) is 1. The first-order valence-corrected chi connectivity index (χ1v) is 7.37. The quantitative estimate of drug-likeness (QED) is 0.776. The molecule has 1 atom stereocenters. The summed E-state index contributed by atoms with van der Waals surface area (Å²) in [7, 11) is 0. The van der Waals surface area contributed by atoms with Gasteiger partial charge >= 0.3 is 12.0 Å². The second kappa shape index (κ2) is 7.15. The molecule has 2 amide bonds. The number of amides is 2. The van der Waals surface area contributed by atoms with Gasteiger partial charge in [-0.1, -0.05) is 0 Å². The third-order valence-corrected chi connectivity index (χ3v) is 3.88. The molecule has 1 aromatic heterocycles. The third kappa shape index (κ3) is 4.81. The SMILES string of the molecule is CC(Cc1ccco1)NC(=O)NC1CCC(C(=O)O)CC1. The normalized spacial score (nSPS) is 23.3. The van der Waals surface area contributed by atoms with Crippen molar-refractivity contribution in [1.29, 1.82) is 0 Å². The fourth-order valence-electron chi connectivity index (χ4n) is 2.72. The molecule has 3 N–H and O–H groups in total. The summed E-state index contributed by atoms with van der Waals surface area (Å²) in [5, 5.41) is 14.7. The van der Waals surface area contributed by atoms with Crippen molar-refractivity contribution in [2.45, 2.75) is 51.1 Å². The Morgan fingerprint density at radius 2 is 2.10 bits per heavy atom. The zero-order valence-corrected chi connectivity index (χ0v) is 12.2. The molecule has 1 saturated carbocycles. The Balaban J connectivity index is 1.69. The summed E-state index contributed by atoms with van der Waals surface area (Å²) in [5.74, 6) is -0.154. The predicted octanol–water partition coefficient (Wildman–Crippen LogP) is 2.15. The monoisotopic (exact) mass is 294 g/mol. The Labute approximate surface area is 123 Å². The number of carbonyl (C=O) groups is 2. The molecular formula is C15H22N2O4. The van der Waals surface area contributed by atoms with E-state index in [0.717, 1.165) is 18.6 Å². The van der Waals surface area contributed by atoms with Gasteiger partial charge < -0.3 is 20.2 Å². The van der Waals surface area contributed by atoms with E-state index in [1.807, 2.05) is 19.1 Å². The Hall–Kier alpha value is -1.98. The van der Waals surface area contributed by atoms with E-state index in [-0.39, 0.29) is 24.0 Å². The summed E-state index contributed by atoms with van der Waals surface area (Å²) in [5.41, 5.74) is 0. The summed E-state index contributed by atoms with van der Waals surface area (Å²) in [4.78, 5) is 22.8. The van der Waals surface area contributed by atoms with Gasteiger partial charge in [-0.2, -0.15) is 0 Å². The molecule has 0 aliphatic heterocycles. The van der Waals surface area contributed by atoms with Crippen LogP contribution in [-0.2, 0) is 11.2 Å². The van der Waals surface area contributed by atoms with Crippen molar-refractivity contribution in [3.8, 4) is 0 Å². The molecule has 116 valence electrons. The first kappa shape index (κ1) is 15.4. The molecule has 1 heterocycles. The number of hydrogen-bond donors (Lipinski definition) is 3. The molecule has 1 aliphatic rings. The smallest absolute Gasteiger partial charge is 0.315 e. The lowest BCUT2D eigenvalue weighted by molar-refractivity contribution is -0.142. The number of aliphatic carboxylic acids is 1. The highest BCUT2D eigenvalue weighted by molar-refractivity contribution is 5.74. The number of carboxylic acids is 1. The minimum absolute atomic E-state index is 0.0218. The van der Waals surface area contributed by atoms with Crippen LogP contribution in [0.4, 0.5) is 4.79 Å². The molecule has 0 spiro atoms. The van der Waals surface area contributed by atoms with Crippen LogP contribution in [0.1, 0.15) is 38.4 Å². The molecule has 0 radical (unpaired) electrons. The predicted molar refractivity (Wildman–Crippen MR) is 76.9 cm³/mol. The molecule has 2 rings (SSSR count). The molecule has 1 fully saturated rings. The Bertz CT molecular complexity index is 464. The van der Waals surface area contributed by atoms with Crippen LogP contribution >= 0.6 is 0 Å². The van der Waals surface area contributed by atoms with Crippen molar-refractivity contribution in [3.63, 3.8) is 0 Å². The Morgan fingerprint density at radius 1 is 1.38 bits per heavy atom. The topological polar surface area (TPSA) is 91.6 Å². The fourth-order valence-corrected chi connectivity index (χ4v) is 2.72. The minimum Gasteiger partial charge on any atom is -0.481 e. The maximum atomic E-state index is 11.9. The van der Waals surface area contributed by atoms with Crippen LogP contribution in [0.15, 0.2) is 22.8 Å². The first-order chi connectivity index (χ1) is 10.0. The van der Waals surface area contributed by atoms with Gasteiger partial charge in [0.05, 0.1) is 12.2 Å². The van der Waals surface area contributed by atoms with E-state index < -0.39 is 5.97 Å². The highest BCUT2D eigenvalue weighted by Gasteiger charge is 2.26. The van der Waals surface area contributed by atoms with E-state index in [0.29, 0.717) is 19.3 Å². The van der Waals surface area contributed by atoms with Gasteiger partial charge in [0, 0.05) is 18.5 Å². The second-order valence-corrected chi connectivity index (χ2v) is 5.69. The van der Waals surface area contributed by atoms with E-state index in [2.05, 4.69) is 10.6 Å². The number of hydrogen-bond acceptors (Lipinski definition) is 3. The molecule has 1 aromatic rings. The zero-order chi connectivity index (χ0) is 15.2. The van der Waals surface area contributed by atoms with Gasteiger partial charge in [0.15, 0.2) is 0 Å². The third-order valence-electron chi connectivity index (χ3n) is 3.88. The van der Waals surface area contributed by atoms with Crippen LogP contribution < -0.4 is 10.6 Å². The van der Waals surface area contributed by atoms with Crippen molar-refractivity contribution in [3.05, 3.63) is 24.2 Å². The van der Waals surface area contributed by atoms with Crippen LogP contribution in [0.3, 0.4) is 0 Å². The molecule has 0 saturated heterocycles. The van der Waals surface area contributed by atoms with E-state index in [1.165, 1.54) is 0 Å². The number of furan rings is 1. The van der Waals surface area contributed by atoms with Crippen molar-refractivity contribution in [1.82, 2.24) is 10.6 Å². The highest BCUT2D eigenvalue weighted by Crippen LogP contribution is 2.24. The van der Waals surface area contributed by atoms with Gasteiger partial charge in [-0.3, -0.25) is 4.79 Å². The minimum atomic E-state index is -0.732. The summed E-state index contributed by atoms with van der Waals surface area (Å²) in [6, 6.07) is 3.54. The van der Waals surface area contributed by atoms with Crippen LogP contribution in [0, 0.1) is 5.92 Å². The summed E-state index contributed by atoms with van der Waals surface area (Å²) >= 11 is 0. The van der Waals surface area contributed by atoms with Gasteiger partial charge in [0.1, 0.15) is 5.76 Å². The molecule has 1 aliphatic carbocycles. The Morgan fingerprint density at radius 3 is 2.67 bits per heavy atom. The molecule has 6 nitrogen and oxygen atoms in total. The van der Waals surface area contributed by atoms with Gasteiger partial charge in [-0.25, -0.2) is 4.79 Å². The average Bonchev–Trinajstić information content (AvgIpc) is 2.91. The van der Waals surface area contributed by atoms with Gasteiger partial charge in [-0.15, -0.1) is 0 Å². The van der Waals surface area contributed by atoms with Crippen LogP contribution in [-0.4, -0.2) is 29.2 Å². The van der Waals surface area contributed by atoms with E-state index >= 15 is 0 Å². The van der Waals surface area contributed by atoms with Crippen LogP contribution in [0.25, 0.3) is 0 Å². The summed E-state index contributed by atoms with van der Waals surface area (Å²) in [6.45, 7) is 1.92. The second-order valence-electron chi connectivity index (χ2n) is 5.69. The standard InChI is InChI=1S/C15H22N2O4/c1-10(9-13-3-2-8-21-13)16-15(20)17-12-6-4-11(5-7-12)14(18)19/h2-3,8,10-12H,4-7,9H2,1H3,(H,18,19)(H2,16,17,20). The first-order valence-electron chi connectivity index (χ1n) is 7.37. The van der Waals surface area contributed by atoms with Gasteiger partial charge in [-0.05, 0) is 44.7 Å². The average molecular weight is 294 g/mol. The van der Waals surface area contributed by atoms with Crippen LogP contribution in [0.2, 0.25) is 0 Å². The number of urea groups is 1. The number of carbonyl (C=O) groups excluding carboxylic acids is 1. The van der Waals surface area contributed by atoms with Crippen molar-refractivity contribution >= 4 is 12.0 Å². The van der Waals surface area contributed by atoms with Crippen molar-refractivity contribution < 1.29 is 19.1 Å². The lowest BCUT2D eigenvalue weighted by Crippen LogP contribution is -2.47. The molecule has 1 unspecified atom stereocenters. The van der Waals surface area contributed by atoms with Gasteiger partial charge in [0.25, 0.3) is 0 Å². The maximum Gasteiger partial charge on any atom is 0.315 e. The molecular weight excluding hydrogens is 272 g/mol. The lowest BCUT2D eigenvalue weighted by atomic mass is 9.86. The van der Waals surface area contributed by atoms with Crippen molar-refractivity contribution in [2.75, 3.05) is 0 Å². The zero-order valence-electron chi connectivity index (χ0n) is 12.2. The van der Waals surface area contributed by atoms with Crippen molar-refractivity contribution in [2.24, 2.45) is 5.92 Å².